The first-order valence-electron chi connectivity index (χ1n) is 6.46. The molecule has 0 aromatic rings. The van der Waals surface area contributed by atoms with Crippen LogP contribution in [-0.2, 0) is 24.0 Å². The zero-order valence-corrected chi connectivity index (χ0v) is 11.6. The molecule has 0 spiro atoms. The zero-order valence-electron chi connectivity index (χ0n) is 11.6. The molecule has 10 nitrogen and oxygen atoms in total. The highest BCUT2D eigenvalue weighted by Crippen LogP contribution is 2.46. The fourth-order valence-corrected chi connectivity index (χ4v) is 2.45. The number of aliphatic carboxylic acids is 5. The molecule has 1 saturated carbocycles. The molecule has 0 heterocycles. The van der Waals surface area contributed by atoms with Gasteiger partial charge in [0, 0.05) is 11.1 Å². The Labute approximate surface area is 128 Å². The molecule has 0 unspecified atom stereocenters. The number of hydrogen-bond donors (Lipinski definition) is 5. The molecule has 2 aliphatic rings. The van der Waals surface area contributed by atoms with E-state index in [2.05, 4.69) is 0 Å². The smallest absolute Gasteiger partial charge is 0.332 e. The van der Waals surface area contributed by atoms with Gasteiger partial charge in [0.25, 0.3) is 0 Å². The van der Waals surface area contributed by atoms with Crippen LogP contribution in [0.1, 0.15) is 19.3 Å². The highest BCUT2D eigenvalue weighted by Gasteiger charge is 2.64. The van der Waals surface area contributed by atoms with Crippen molar-refractivity contribution in [3.8, 4) is 0 Å². The van der Waals surface area contributed by atoms with E-state index in [-0.39, 0.29) is 11.1 Å². The molecule has 0 aromatic carbocycles. The quantitative estimate of drug-likeness (QED) is 0.449. The summed E-state index contributed by atoms with van der Waals surface area (Å²) in [5, 5.41) is 42.1. The fourth-order valence-electron chi connectivity index (χ4n) is 2.45. The molecular weight excluding hydrogens is 316 g/mol. The van der Waals surface area contributed by atoms with Gasteiger partial charge in [-0.1, -0.05) is 0 Å². The van der Waals surface area contributed by atoms with E-state index in [0.29, 0.717) is 19.3 Å². The summed E-state index contributed by atoms with van der Waals surface area (Å²) in [4.78, 5) is 51.6. The van der Waals surface area contributed by atoms with E-state index in [1.165, 1.54) is 0 Å². The lowest BCUT2D eigenvalue weighted by Crippen LogP contribution is -2.06. The van der Waals surface area contributed by atoms with Crippen molar-refractivity contribution in [2.75, 3.05) is 0 Å². The fraction of sp³-hybridized carbons (Fsp3) is 0.462. The van der Waals surface area contributed by atoms with E-state index in [1.807, 2.05) is 0 Å². The monoisotopic (exact) mass is 330 g/mol. The highest BCUT2D eigenvalue weighted by atomic mass is 16.4. The lowest BCUT2D eigenvalue weighted by atomic mass is 10.1. The maximum Gasteiger partial charge on any atom is 0.332 e. The van der Waals surface area contributed by atoms with Gasteiger partial charge < -0.3 is 25.5 Å². The molecule has 0 aliphatic heterocycles. The Balaban J connectivity index is 0.000000231. The molecular formula is C13H14O10. The number of carboxylic acid groups (broad SMARTS) is 5. The Bertz CT molecular complexity index is 529. The van der Waals surface area contributed by atoms with Crippen molar-refractivity contribution >= 4 is 29.8 Å². The Hall–Kier alpha value is -2.91. The Morgan fingerprint density at radius 1 is 0.609 bits per heavy atom. The summed E-state index contributed by atoms with van der Waals surface area (Å²) in [6, 6.07) is 0. The second-order valence-corrected chi connectivity index (χ2v) is 5.01. The van der Waals surface area contributed by atoms with Gasteiger partial charge in [-0.3, -0.25) is 14.4 Å². The molecule has 126 valence electrons. The normalized spacial score (nSPS) is 25.1. The van der Waals surface area contributed by atoms with Gasteiger partial charge in [0.15, 0.2) is 0 Å². The first kappa shape index (κ1) is 18.1. The van der Waals surface area contributed by atoms with Crippen LogP contribution in [0.5, 0.6) is 0 Å². The summed E-state index contributed by atoms with van der Waals surface area (Å²) in [6.45, 7) is 0. The molecule has 2 aliphatic carbocycles. The molecule has 0 radical (unpaired) electrons. The maximum atomic E-state index is 10.4. The number of rotatable bonds is 5. The Morgan fingerprint density at radius 3 is 1.04 bits per heavy atom. The summed E-state index contributed by atoms with van der Waals surface area (Å²) in [5.41, 5.74) is 0.134. The van der Waals surface area contributed by atoms with E-state index in [1.54, 1.807) is 0 Å². The summed E-state index contributed by atoms with van der Waals surface area (Å²) in [5.74, 6) is -10.1. The second kappa shape index (κ2) is 6.90. The van der Waals surface area contributed by atoms with E-state index < -0.39 is 47.6 Å². The van der Waals surface area contributed by atoms with Gasteiger partial charge in [-0.15, -0.1) is 0 Å². The predicted octanol–water partition coefficient (Wildman–Crippen LogP) is -0.261. The van der Waals surface area contributed by atoms with Crippen LogP contribution in [0.25, 0.3) is 0 Å². The minimum absolute atomic E-state index is 0.0671. The average Bonchev–Trinajstić information content (AvgIpc) is 3.00. The van der Waals surface area contributed by atoms with Gasteiger partial charge in [-0.25, -0.2) is 9.59 Å². The molecule has 0 atom stereocenters. The molecule has 5 N–H and O–H groups in total. The van der Waals surface area contributed by atoms with Crippen LogP contribution in [0, 0.1) is 17.8 Å². The molecule has 0 amide bonds. The minimum Gasteiger partial charge on any atom is -0.481 e. The minimum atomic E-state index is -1.37. The molecule has 0 bridgehead atoms. The van der Waals surface area contributed by atoms with Crippen molar-refractivity contribution in [3.05, 3.63) is 11.1 Å². The first-order chi connectivity index (χ1) is 10.6. The van der Waals surface area contributed by atoms with Crippen LogP contribution in [0.2, 0.25) is 0 Å². The lowest BCUT2D eigenvalue weighted by Gasteiger charge is -1.95. The van der Waals surface area contributed by atoms with Crippen molar-refractivity contribution in [2.45, 2.75) is 19.3 Å². The van der Waals surface area contributed by atoms with Gasteiger partial charge in [0.2, 0.25) is 0 Å². The molecule has 10 heteroatoms. The van der Waals surface area contributed by atoms with Crippen LogP contribution in [-0.4, -0.2) is 55.4 Å². The SMILES string of the molecule is O=C(O)C1=C(C(=O)O)CCC1.O=C(O)C1C(C(=O)O)C1C(=O)O. The third kappa shape index (κ3) is 4.05. The summed E-state index contributed by atoms with van der Waals surface area (Å²) in [7, 11) is 0. The van der Waals surface area contributed by atoms with Gasteiger partial charge in [-0.2, -0.15) is 0 Å². The van der Waals surface area contributed by atoms with Crippen LogP contribution < -0.4 is 0 Å². The summed E-state index contributed by atoms with van der Waals surface area (Å²) >= 11 is 0. The lowest BCUT2D eigenvalue weighted by molar-refractivity contribution is -0.144. The summed E-state index contributed by atoms with van der Waals surface area (Å²) < 4.78 is 0. The van der Waals surface area contributed by atoms with E-state index in [4.69, 9.17) is 25.5 Å². The van der Waals surface area contributed by atoms with Crippen LogP contribution >= 0.6 is 0 Å². The largest absolute Gasteiger partial charge is 0.481 e. The number of hydrogen-bond acceptors (Lipinski definition) is 5. The van der Waals surface area contributed by atoms with Gasteiger partial charge >= 0.3 is 29.8 Å². The molecule has 23 heavy (non-hydrogen) atoms. The van der Waals surface area contributed by atoms with E-state index in [0.717, 1.165) is 0 Å². The molecule has 2 rings (SSSR count). The molecule has 0 aromatic heterocycles. The van der Waals surface area contributed by atoms with Crippen molar-refractivity contribution < 1.29 is 49.5 Å². The second-order valence-electron chi connectivity index (χ2n) is 5.01. The van der Waals surface area contributed by atoms with Gasteiger partial charge in [0.05, 0.1) is 17.8 Å². The molecule has 1 fully saturated rings. The van der Waals surface area contributed by atoms with Crippen molar-refractivity contribution in [1.29, 1.82) is 0 Å². The van der Waals surface area contributed by atoms with Gasteiger partial charge in [-0.05, 0) is 19.3 Å². The van der Waals surface area contributed by atoms with Gasteiger partial charge in [0.1, 0.15) is 0 Å². The Kier molecular flexibility index (Phi) is 5.44. The zero-order chi connectivity index (χ0) is 17.9. The third-order valence-electron chi connectivity index (χ3n) is 3.61. The van der Waals surface area contributed by atoms with Crippen molar-refractivity contribution in [1.82, 2.24) is 0 Å². The maximum absolute atomic E-state index is 10.4. The average molecular weight is 330 g/mol. The predicted molar refractivity (Wildman–Crippen MR) is 69.5 cm³/mol. The Morgan fingerprint density at radius 2 is 0.870 bits per heavy atom. The van der Waals surface area contributed by atoms with Crippen molar-refractivity contribution in [3.63, 3.8) is 0 Å². The van der Waals surface area contributed by atoms with E-state index in [9.17, 15) is 24.0 Å². The topological polar surface area (TPSA) is 186 Å². The van der Waals surface area contributed by atoms with Crippen LogP contribution in [0.15, 0.2) is 11.1 Å². The summed E-state index contributed by atoms with van der Waals surface area (Å²) in [6.07, 6.45) is 1.41. The van der Waals surface area contributed by atoms with Crippen LogP contribution in [0.4, 0.5) is 0 Å². The highest BCUT2D eigenvalue weighted by molar-refractivity contribution is 5.99. The van der Waals surface area contributed by atoms with E-state index >= 15 is 0 Å². The third-order valence-corrected chi connectivity index (χ3v) is 3.61. The first-order valence-corrected chi connectivity index (χ1v) is 6.46. The number of carboxylic acids is 5. The van der Waals surface area contributed by atoms with Crippen molar-refractivity contribution in [2.24, 2.45) is 17.8 Å². The standard InChI is InChI=1S/C7H8O4.C6H6O6/c8-6(9)4-2-1-3-5(4)7(10)11;7-4(8)1-2(5(9)10)3(1)6(11)12/h1-3H2,(H,8,9)(H,10,11);1-3H,(H,7,8)(H,9,10)(H,11,12). The number of carbonyl (C=O) groups is 5. The van der Waals surface area contributed by atoms with Crippen LogP contribution in [0.3, 0.4) is 0 Å². The molecule has 0 saturated heterocycles.